The average molecular weight is 381 g/mol. The number of nitrogens with two attached hydrogens (primary N) is 1. The Bertz CT molecular complexity index is 445. The molecule has 0 heterocycles. The van der Waals surface area contributed by atoms with E-state index in [4.69, 9.17) is 10.8 Å². The van der Waals surface area contributed by atoms with E-state index < -0.39 is 5.97 Å². The Morgan fingerprint density at radius 1 is 0.889 bits per heavy atom. The molecular weight excluding hydrogens is 340 g/mol. The van der Waals surface area contributed by atoms with E-state index in [0.717, 1.165) is 50.6 Å². The smallest absolute Gasteiger partial charge is 0.303 e. The predicted octanol–water partition coefficient (Wildman–Crippen LogP) is 5.07. The molecule has 0 atom stereocenters. The fourth-order valence-corrected chi connectivity index (χ4v) is 2.75. The minimum atomic E-state index is -0.821. The summed E-state index contributed by atoms with van der Waals surface area (Å²) in [5.41, 5.74) is 7.01. The van der Waals surface area contributed by atoms with Gasteiger partial charge in [-0.3, -0.25) is 9.59 Å². The van der Waals surface area contributed by atoms with Crippen molar-refractivity contribution in [2.45, 2.75) is 96.8 Å². The Morgan fingerprint density at radius 3 is 2.30 bits per heavy atom. The van der Waals surface area contributed by atoms with Crippen LogP contribution in [0.25, 0.3) is 0 Å². The SMILES string of the molecule is CCCCC/C=C\C/C=C(/N)CCCCCCCC(=O)NCCCC(=O)O. The molecule has 0 rings (SSSR count). The first kappa shape index (κ1) is 25.2. The van der Waals surface area contributed by atoms with Crippen molar-refractivity contribution in [1.29, 1.82) is 0 Å². The number of rotatable bonds is 18. The number of carboxylic acids is 1. The minimum absolute atomic E-state index is 0.0234. The summed E-state index contributed by atoms with van der Waals surface area (Å²) in [5, 5.41) is 11.3. The van der Waals surface area contributed by atoms with Crippen molar-refractivity contribution in [3.8, 4) is 0 Å². The number of carboxylic acid groups (broad SMARTS) is 1. The molecule has 0 radical (unpaired) electrons. The molecule has 4 N–H and O–H groups in total. The molecule has 0 aromatic rings. The molecule has 1 amide bonds. The van der Waals surface area contributed by atoms with Gasteiger partial charge in [0, 0.05) is 25.1 Å². The summed E-state index contributed by atoms with van der Waals surface area (Å²) in [6, 6.07) is 0. The molecule has 0 saturated heterocycles. The van der Waals surface area contributed by atoms with Gasteiger partial charge in [-0.2, -0.15) is 0 Å². The number of carbonyl (C=O) groups excluding carboxylic acids is 1. The second-order valence-electron chi connectivity index (χ2n) is 7.10. The summed E-state index contributed by atoms with van der Waals surface area (Å²) < 4.78 is 0. The summed E-state index contributed by atoms with van der Waals surface area (Å²) >= 11 is 0. The van der Waals surface area contributed by atoms with E-state index in [-0.39, 0.29) is 12.3 Å². The Kier molecular flexibility index (Phi) is 17.7. The van der Waals surface area contributed by atoms with Crippen LogP contribution < -0.4 is 11.1 Å². The molecule has 0 bridgehead atoms. The summed E-state index contributed by atoms with van der Waals surface area (Å²) in [4.78, 5) is 21.9. The molecular formula is C22H40N2O3. The van der Waals surface area contributed by atoms with Gasteiger partial charge in [0.1, 0.15) is 0 Å². The number of nitrogens with one attached hydrogen (secondary N) is 1. The Labute approximate surface area is 165 Å². The fourth-order valence-electron chi connectivity index (χ4n) is 2.75. The highest BCUT2D eigenvalue weighted by atomic mass is 16.4. The zero-order valence-corrected chi connectivity index (χ0v) is 17.2. The van der Waals surface area contributed by atoms with E-state index in [9.17, 15) is 9.59 Å². The van der Waals surface area contributed by atoms with Crippen LogP contribution in [0.2, 0.25) is 0 Å². The Hall–Kier alpha value is -1.78. The van der Waals surface area contributed by atoms with Gasteiger partial charge in [0.2, 0.25) is 5.91 Å². The van der Waals surface area contributed by atoms with Crippen molar-refractivity contribution in [3.63, 3.8) is 0 Å². The molecule has 0 saturated carbocycles. The van der Waals surface area contributed by atoms with Crippen LogP contribution in [0.1, 0.15) is 96.8 Å². The lowest BCUT2D eigenvalue weighted by Crippen LogP contribution is -2.24. The zero-order valence-electron chi connectivity index (χ0n) is 17.2. The number of amides is 1. The Balaban J connectivity index is 3.45. The number of unbranched alkanes of at least 4 members (excludes halogenated alkanes) is 7. The molecule has 27 heavy (non-hydrogen) atoms. The van der Waals surface area contributed by atoms with Gasteiger partial charge in [-0.1, -0.05) is 57.3 Å². The topological polar surface area (TPSA) is 92.4 Å². The van der Waals surface area contributed by atoms with E-state index in [1.54, 1.807) is 0 Å². The van der Waals surface area contributed by atoms with Crippen LogP contribution in [-0.2, 0) is 9.59 Å². The summed E-state index contributed by atoms with van der Waals surface area (Å²) in [6.45, 7) is 2.67. The first-order chi connectivity index (χ1) is 13.1. The van der Waals surface area contributed by atoms with Crippen LogP contribution in [0.5, 0.6) is 0 Å². The molecule has 0 fully saturated rings. The minimum Gasteiger partial charge on any atom is -0.481 e. The number of aliphatic carboxylic acids is 1. The third-order valence-electron chi connectivity index (χ3n) is 4.42. The maximum atomic E-state index is 11.6. The lowest BCUT2D eigenvalue weighted by molar-refractivity contribution is -0.137. The number of hydrogen-bond acceptors (Lipinski definition) is 3. The molecule has 0 aromatic carbocycles. The standard InChI is InChI=1S/C22H40N2O3/c1-2-3-4-5-6-8-11-15-20(23)16-12-9-7-10-13-17-21(25)24-19-14-18-22(26)27/h6,8,15H,2-5,7,9-14,16-19,23H2,1H3,(H,24,25)(H,26,27)/b8-6-,20-15+. The van der Waals surface area contributed by atoms with E-state index in [0.29, 0.717) is 19.4 Å². The number of carbonyl (C=O) groups is 2. The molecule has 0 aliphatic carbocycles. The van der Waals surface area contributed by atoms with Crippen molar-refractivity contribution in [1.82, 2.24) is 5.32 Å². The molecule has 5 heteroatoms. The highest BCUT2D eigenvalue weighted by molar-refractivity contribution is 5.75. The third kappa shape index (κ3) is 20.4. The summed E-state index contributed by atoms with van der Waals surface area (Å²) in [7, 11) is 0. The fraction of sp³-hybridized carbons (Fsp3) is 0.727. The summed E-state index contributed by atoms with van der Waals surface area (Å²) in [6.07, 6.45) is 19.9. The average Bonchev–Trinajstić information content (AvgIpc) is 2.63. The second-order valence-corrected chi connectivity index (χ2v) is 7.10. The van der Waals surface area contributed by atoms with E-state index in [1.165, 1.54) is 25.7 Å². The number of allylic oxidation sites excluding steroid dienone is 4. The molecule has 156 valence electrons. The van der Waals surface area contributed by atoms with Gasteiger partial charge < -0.3 is 16.2 Å². The van der Waals surface area contributed by atoms with Crippen molar-refractivity contribution in [2.75, 3.05) is 6.54 Å². The third-order valence-corrected chi connectivity index (χ3v) is 4.42. The van der Waals surface area contributed by atoms with Gasteiger partial charge in [-0.05, 0) is 44.9 Å². The van der Waals surface area contributed by atoms with Gasteiger partial charge in [-0.15, -0.1) is 0 Å². The van der Waals surface area contributed by atoms with Crippen LogP contribution in [0.15, 0.2) is 23.9 Å². The highest BCUT2D eigenvalue weighted by Gasteiger charge is 2.02. The van der Waals surface area contributed by atoms with Crippen LogP contribution in [-0.4, -0.2) is 23.5 Å². The van der Waals surface area contributed by atoms with Crippen molar-refractivity contribution < 1.29 is 14.7 Å². The largest absolute Gasteiger partial charge is 0.481 e. The van der Waals surface area contributed by atoms with Crippen molar-refractivity contribution in [3.05, 3.63) is 23.9 Å². The summed E-state index contributed by atoms with van der Waals surface area (Å²) in [5.74, 6) is -0.797. The van der Waals surface area contributed by atoms with Crippen molar-refractivity contribution >= 4 is 11.9 Å². The van der Waals surface area contributed by atoms with Crippen molar-refractivity contribution in [2.24, 2.45) is 5.73 Å². The van der Waals surface area contributed by atoms with Crippen LogP contribution in [0.4, 0.5) is 0 Å². The quantitative estimate of drug-likeness (QED) is 0.229. The lowest BCUT2D eigenvalue weighted by atomic mass is 10.1. The zero-order chi connectivity index (χ0) is 20.2. The normalized spacial score (nSPS) is 11.8. The first-order valence-electron chi connectivity index (χ1n) is 10.6. The molecule has 5 nitrogen and oxygen atoms in total. The van der Waals surface area contributed by atoms with Gasteiger partial charge in [-0.25, -0.2) is 0 Å². The van der Waals surface area contributed by atoms with Gasteiger partial charge in [0.25, 0.3) is 0 Å². The van der Waals surface area contributed by atoms with Crippen LogP contribution in [0.3, 0.4) is 0 Å². The van der Waals surface area contributed by atoms with Gasteiger partial charge in [0.15, 0.2) is 0 Å². The molecule has 0 aliphatic heterocycles. The van der Waals surface area contributed by atoms with Crippen LogP contribution >= 0.6 is 0 Å². The highest BCUT2D eigenvalue weighted by Crippen LogP contribution is 2.10. The number of hydrogen-bond donors (Lipinski definition) is 3. The molecule has 0 spiro atoms. The monoisotopic (exact) mass is 380 g/mol. The molecule has 0 aromatic heterocycles. The van der Waals surface area contributed by atoms with Crippen LogP contribution in [0, 0.1) is 0 Å². The van der Waals surface area contributed by atoms with E-state index in [1.807, 2.05) is 0 Å². The second kappa shape index (κ2) is 19.0. The Morgan fingerprint density at radius 2 is 1.59 bits per heavy atom. The van der Waals surface area contributed by atoms with Gasteiger partial charge in [0.05, 0.1) is 0 Å². The molecule has 0 aliphatic rings. The maximum Gasteiger partial charge on any atom is 0.303 e. The predicted molar refractivity (Wildman–Crippen MR) is 112 cm³/mol. The lowest BCUT2D eigenvalue weighted by Gasteiger charge is -2.05. The molecule has 0 unspecified atom stereocenters. The first-order valence-corrected chi connectivity index (χ1v) is 10.6. The van der Waals surface area contributed by atoms with E-state index >= 15 is 0 Å². The van der Waals surface area contributed by atoms with Gasteiger partial charge >= 0.3 is 5.97 Å². The maximum absolute atomic E-state index is 11.6. The van der Waals surface area contributed by atoms with E-state index in [2.05, 4.69) is 30.5 Å².